The second kappa shape index (κ2) is 8.64. The number of nitrogens with one attached hydrogen (secondary N) is 1. The highest BCUT2D eigenvalue weighted by Crippen LogP contribution is 2.38. The number of carbonyl (C=O) groups is 3. The standard InChI is InChI=1S/C15H25NO5/c1-3-10-8-11(12(9-10)15(19)20)14(18)16-7-5-6-13(17)21-4-2/h10-12H,3-9H2,1-2H3,(H,16,18)(H,19,20). The average Bonchev–Trinajstić information content (AvgIpc) is 2.88. The minimum Gasteiger partial charge on any atom is -0.481 e. The van der Waals surface area contributed by atoms with Crippen molar-refractivity contribution in [2.45, 2.75) is 46.0 Å². The number of carboxylic acids is 1. The monoisotopic (exact) mass is 299 g/mol. The van der Waals surface area contributed by atoms with Crippen LogP contribution in [0, 0.1) is 17.8 Å². The van der Waals surface area contributed by atoms with Crippen LogP contribution in [0.15, 0.2) is 0 Å². The van der Waals surface area contributed by atoms with Gasteiger partial charge < -0.3 is 15.2 Å². The third-order valence-electron chi connectivity index (χ3n) is 4.05. The van der Waals surface area contributed by atoms with Gasteiger partial charge in [0.25, 0.3) is 0 Å². The Morgan fingerprint density at radius 3 is 2.43 bits per heavy atom. The van der Waals surface area contributed by atoms with Crippen molar-refractivity contribution in [1.29, 1.82) is 0 Å². The van der Waals surface area contributed by atoms with Gasteiger partial charge in [-0.1, -0.05) is 13.3 Å². The Kier molecular flexibility index (Phi) is 7.19. The van der Waals surface area contributed by atoms with E-state index in [-0.39, 0.29) is 18.3 Å². The van der Waals surface area contributed by atoms with Crippen LogP contribution in [0.3, 0.4) is 0 Å². The van der Waals surface area contributed by atoms with Gasteiger partial charge in [-0.15, -0.1) is 0 Å². The summed E-state index contributed by atoms with van der Waals surface area (Å²) in [6, 6.07) is 0. The van der Waals surface area contributed by atoms with Gasteiger partial charge in [0.2, 0.25) is 5.91 Å². The molecule has 0 aliphatic heterocycles. The molecule has 0 spiro atoms. The molecule has 21 heavy (non-hydrogen) atoms. The summed E-state index contributed by atoms with van der Waals surface area (Å²) in [4.78, 5) is 34.5. The molecule has 0 aromatic heterocycles. The summed E-state index contributed by atoms with van der Waals surface area (Å²) in [5.41, 5.74) is 0. The quantitative estimate of drug-likeness (QED) is 0.524. The molecule has 1 aliphatic carbocycles. The molecule has 1 fully saturated rings. The fourth-order valence-corrected chi connectivity index (χ4v) is 2.85. The Hall–Kier alpha value is -1.59. The summed E-state index contributed by atoms with van der Waals surface area (Å²) in [7, 11) is 0. The first-order valence-corrected chi connectivity index (χ1v) is 7.65. The number of amides is 1. The number of ether oxygens (including phenoxy) is 1. The zero-order chi connectivity index (χ0) is 15.8. The highest BCUT2D eigenvalue weighted by Gasteiger charge is 2.41. The number of carbonyl (C=O) groups excluding carboxylic acids is 2. The molecule has 2 N–H and O–H groups in total. The Morgan fingerprint density at radius 2 is 1.86 bits per heavy atom. The van der Waals surface area contributed by atoms with Gasteiger partial charge in [0.15, 0.2) is 0 Å². The fraction of sp³-hybridized carbons (Fsp3) is 0.800. The Balaban J connectivity index is 2.36. The summed E-state index contributed by atoms with van der Waals surface area (Å²) >= 11 is 0. The topological polar surface area (TPSA) is 92.7 Å². The summed E-state index contributed by atoms with van der Waals surface area (Å²) in [6.07, 6.45) is 2.88. The zero-order valence-electron chi connectivity index (χ0n) is 12.8. The Labute approximate surface area is 125 Å². The lowest BCUT2D eigenvalue weighted by Crippen LogP contribution is -2.35. The lowest BCUT2D eigenvalue weighted by Gasteiger charge is -2.15. The first kappa shape index (κ1) is 17.5. The predicted molar refractivity (Wildman–Crippen MR) is 76.5 cm³/mol. The minimum atomic E-state index is -0.891. The van der Waals surface area contributed by atoms with Crippen LogP contribution in [0.25, 0.3) is 0 Å². The van der Waals surface area contributed by atoms with E-state index >= 15 is 0 Å². The number of aliphatic carboxylic acids is 1. The zero-order valence-corrected chi connectivity index (χ0v) is 12.8. The molecule has 1 saturated carbocycles. The molecule has 6 heteroatoms. The molecule has 0 saturated heterocycles. The Bertz CT molecular complexity index is 382. The van der Waals surface area contributed by atoms with Crippen LogP contribution in [-0.4, -0.2) is 36.1 Å². The summed E-state index contributed by atoms with van der Waals surface area (Å²) in [5.74, 6) is -2.10. The first-order chi connectivity index (χ1) is 9.99. The summed E-state index contributed by atoms with van der Waals surface area (Å²) in [5, 5.41) is 11.9. The molecular formula is C15H25NO5. The smallest absolute Gasteiger partial charge is 0.307 e. The van der Waals surface area contributed by atoms with Crippen molar-refractivity contribution in [3.8, 4) is 0 Å². The maximum atomic E-state index is 12.1. The molecular weight excluding hydrogens is 274 g/mol. The molecule has 1 rings (SSSR count). The number of hydrogen-bond donors (Lipinski definition) is 2. The molecule has 1 amide bonds. The van der Waals surface area contributed by atoms with Gasteiger partial charge in [0, 0.05) is 13.0 Å². The molecule has 0 aromatic rings. The highest BCUT2D eigenvalue weighted by molar-refractivity contribution is 5.85. The third kappa shape index (κ3) is 5.36. The van der Waals surface area contributed by atoms with Crippen LogP contribution in [0.4, 0.5) is 0 Å². The van der Waals surface area contributed by atoms with E-state index in [0.717, 1.165) is 6.42 Å². The minimum absolute atomic E-state index is 0.206. The Morgan fingerprint density at radius 1 is 1.19 bits per heavy atom. The van der Waals surface area contributed by atoms with E-state index in [1.807, 2.05) is 6.92 Å². The van der Waals surface area contributed by atoms with Gasteiger partial charge in [0.05, 0.1) is 18.4 Å². The van der Waals surface area contributed by atoms with Crippen molar-refractivity contribution in [3.63, 3.8) is 0 Å². The van der Waals surface area contributed by atoms with Crippen molar-refractivity contribution < 1.29 is 24.2 Å². The predicted octanol–water partition coefficient (Wildman–Crippen LogP) is 1.58. The second-order valence-corrected chi connectivity index (χ2v) is 5.50. The van der Waals surface area contributed by atoms with Crippen molar-refractivity contribution in [2.24, 2.45) is 17.8 Å². The molecule has 3 atom stereocenters. The number of esters is 1. The van der Waals surface area contributed by atoms with Gasteiger partial charge >= 0.3 is 11.9 Å². The summed E-state index contributed by atoms with van der Waals surface area (Å²) < 4.78 is 4.80. The molecule has 0 bridgehead atoms. The first-order valence-electron chi connectivity index (χ1n) is 7.65. The van der Waals surface area contributed by atoms with Crippen molar-refractivity contribution in [3.05, 3.63) is 0 Å². The average molecular weight is 299 g/mol. The maximum absolute atomic E-state index is 12.1. The van der Waals surface area contributed by atoms with Gasteiger partial charge in [-0.3, -0.25) is 14.4 Å². The molecule has 1 aliphatic rings. The normalized spacial score (nSPS) is 24.6. The van der Waals surface area contributed by atoms with Gasteiger partial charge in [-0.2, -0.15) is 0 Å². The van der Waals surface area contributed by atoms with E-state index in [1.165, 1.54) is 0 Å². The van der Waals surface area contributed by atoms with Crippen molar-refractivity contribution >= 4 is 17.8 Å². The van der Waals surface area contributed by atoms with Crippen LogP contribution >= 0.6 is 0 Å². The van der Waals surface area contributed by atoms with Crippen LogP contribution in [-0.2, 0) is 19.1 Å². The van der Waals surface area contributed by atoms with E-state index in [0.29, 0.717) is 38.3 Å². The van der Waals surface area contributed by atoms with Gasteiger partial charge in [-0.05, 0) is 32.1 Å². The SMILES string of the molecule is CCOC(=O)CCCNC(=O)C1CC(CC)CC1C(=O)O. The van der Waals surface area contributed by atoms with Gasteiger partial charge in [-0.25, -0.2) is 0 Å². The second-order valence-electron chi connectivity index (χ2n) is 5.50. The van der Waals surface area contributed by atoms with E-state index in [1.54, 1.807) is 6.92 Å². The molecule has 120 valence electrons. The van der Waals surface area contributed by atoms with E-state index < -0.39 is 17.8 Å². The van der Waals surface area contributed by atoms with Crippen LogP contribution in [0.1, 0.15) is 46.0 Å². The number of hydrogen-bond acceptors (Lipinski definition) is 4. The molecule has 6 nitrogen and oxygen atoms in total. The molecule has 0 aromatic carbocycles. The molecule has 0 radical (unpaired) electrons. The van der Waals surface area contributed by atoms with Crippen LogP contribution in [0.5, 0.6) is 0 Å². The largest absolute Gasteiger partial charge is 0.481 e. The highest BCUT2D eigenvalue weighted by atomic mass is 16.5. The van der Waals surface area contributed by atoms with Gasteiger partial charge in [0.1, 0.15) is 0 Å². The number of carboxylic acid groups (broad SMARTS) is 1. The molecule has 3 unspecified atom stereocenters. The lowest BCUT2D eigenvalue weighted by atomic mass is 9.95. The van der Waals surface area contributed by atoms with E-state index in [9.17, 15) is 19.5 Å². The maximum Gasteiger partial charge on any atom is 0.307 e. The third-order valence-corrected chi connectivity index (χ3v) is 4.05. The molecule has 0 heterocycles. The van der Waals surface area contributed by atoms with Crippen molar-refractivity contribution in [2.75, 3.05) is 13.2 Å². The van der Waals surface area contributed by atoms with E-state index in [2.05, 4.69) is 5.32 Å². The number of rotatable bonds is 8. The van der Waals surface area contributed by atoms with Crippen molar-refractivity contribution in [1.82, 2.24) is 5.32 Å². The van der Waals surface area contributed by atoms with Crippen LogP contribution < -0.4 is 5.32 Å². The van der Waals surface area contributed by atoms with E-state index in [4.69, 9.17) is 4.74 Å². The fourth-order valence-electron chi connectivity index (χ4n) is 2.85. The van der Waals surface area contributed by atoms with Crippen LogP contribution in [0.2, 0.25) is 0 Å². The lowest BCUT2D eigenvalue weighted by molar-refractivity contribution is -0.146. The summed E-state index contributed by atoms with van der Waals surface area (Å²) in [6.45, 7) is 4.49.